The molecule has 0 amide bonds. The number of benzene rings is 1. The molecule has 0 saturated carbocycles. The first-order valence-electron chi connectivity index (χ1n) is 2.65. The molecule has 0 bridgehead atoms. The molecule has 0 aromatic carbocycles. The fraction of sp³-hybridized carbons (Fsp3) is 0. The number of carbonyl (C=O) groups excluding carboxylic acids is 1. The molecule has 0 aromatic rings. The van der Waals surface area contributed by atoms with Crippen molar-refractivity contribution in [2.45, 2.75) is 0 Å². The van der Waals surface area contributed by atoms with Crippen LogP contribution in [-0.4, -0.2) is 6.08 Å². The lowest BCUT2D eigenvalue weighted by Crippen LogP contribution is -1.40. The quantitative estimate of drug-likeness (QED) is 0.412. The summed E-state index contributed by atoms with van der Waals surface area (Å²) in [5.41, 5.74) is 3.00. The van der Waals surface area contributed by atoms with Crippen LogP contribution in [0.1, 0.15) is 0 Å². The van der Waals surface area contributed by atoms with E-state index in [-0.39, 0.29) is 0 Å². The molecule has 2 aliphatic carbocycles. The van der Waals surface area contributed by atoms with E-state index in [1.165, 1.54) is 6.08 Å². The highest BCUT2D eigenvalue weighted by molar-refractivity contribution is 6.03. The normalized spacial score (nSPS) is 10.2. The summed E-state index contributed by atoms with van der Waals surface area (Å²) < 4.78 is 0. The highest BCUT2D eigenvalue weighted by Gasteiger charge is 2.22. The van der Waals surface area contributed by atoms with Crippen molar-refractivity contribution in [3.8, 4) is 11.1 Å². The summed E-state index contributed by atoms with van der Waals surface area (Å²) in [5, 5.41) is 0. The van der Waals surface area contributed by atoms with Gasteiger partial charge in [-0.3, -0.25) is 0 Å². The third-order valence-corrected chi connectivity index (χ3v) is 1.42. The predicted octanol–water partition coefficient (Wildman–Crippen LogP) is 1.63. The Morgan fingerprint density at radius 1 is 1.33 bits per heavy atom. The summed E-state index contributed by atoms with van der Waals surface area (Å²) in [6.45, 7) is 0. The topological polar surface area (TPSA) is 29.4 Å². The van der Waals surface area contributed by atoms with Gasteiger partial charge in [0, 0.05) is 11.1 Å². The van der Waals surface area contributed by atoms with Crippen molar-refractivity contribution in [2.75, 3.05) is 0 Å². The first kappa shape index (κ1) is 4.48. The Labute approximate surface area is 51.8 Å². The molecule has 0 atom stereocenters. The van der Waals surface area contributed by atoms with E-state index in [4.69, 9.17) is 0 Å². The summed E-state index contributed by atoms with van der Waals surface area (Å²) in [7, 11) is 0. The first-order chi connectivity index (χ1) is 4.43. The Morgan fingerprint density at radius 3 is 2.56 bits per heavy atom. The molecule has 0 heterocycles. The van der Waals surface area contributed by atoms with E-state index in [0.29, 0.717) is 0 Å². The number of aliphatic imine (C=N–C) groups is 1. The molecule has 2 nitrogen and oxygen atoms in total. The Bertz CT molecular complexity index is 290. The molecule has 0 saturated heterocycles. The van der Waals surface area contributed by atoms with Crippen molar-refractivity contribution in [3.63, 3.8) is 0 Å². The minimum atomic E-state index is 0.813. The monoisotopic (exact) mass is 117 g/mol. The molecule has 42 valence electrons. The molecule has 2 heteroatoms. The van der Waals surface area contributed by atoms with Crippen LogP contribution in [-0.2, 0) is 4.79 Å². The van der Waals surface area contributed by atoms with Crippen molar-refractivity contribution in [1.29, 1.82) is 0 Å². The molecule has 0 aliphatic heterocycles. The minimum absolute atomic E-state index is 0.813. The number of rotatable bonds is 1. The fourth-order valence-electron chi connectivity index (χ4n) is 0.950. The van der Waals surface area contributed by atoms with Crippen LogP contribution in [0.5, 0.6) is 0 Å². The second-order valence-corrected chi connectivity index (χ2v) is 1.90. The molecular weight excluding hydrogens is 114 g/mol. The minimum Gasteiger partial charge on any atom is -0.211 e. The molecule has 0 spiro atoms. The van der Waals surface area contributed by atoms with E-state index in [9.17, 15) is 4.79 Å². The lowest BCUT2D eigenvalue weighted by atomic mass is 10.6. The summed E-state index contributed by atoms with van der Waals surface area (Å²) in [5.74, 6) is 0. The number of nitrogens with zero attached hydrogens (tertiary/aromatic N) is 1. The lowest BCUT2D eigenvalue weighted by Gasteiger charge is -1.61. The van der Waals surface area contributed by atoms with Crippen LogP contribution in [0.3, 0.4) is 0 Å². The van der Waals surface area contributed by atoms with Gasteiger partial charge in [-0.15, -0.1) is 0 Å². The fourth-order valence-corrected chi connectivity index (χ4v) is 0.950. The SMILES string of the molecule is O=C=Nc1c2cccc1-2. The number of para-hydroxylation sites is 1. The molecule has 2 rings (SSSR count). The van der Waals surface area contributed by atoms with Crippen LogP contribution >= 0.6 is 0 Å². The molecule has 0 radical (unpaired) electrons. The first-order valence-corrected chi connectivity index (χ1v) is 2.65. The standard InChI is InChI=1S/C7H3NO/c9-4-8-7-5-2-1-3-6(5)7/h1-3H. The van der Waals surface area contributed by atoms with Crippen molar-refractivity contribution in [3.05, 3.63) is 18.2 Å². The number of isocyanates is 1. The molecule has 9 heavy (non-hydrogen) atoms. The number of hydrogen-bond acceptors (Lipinski definition) is 2. The van der Waals surface area contributed by atoms with E-state index in [1.54, 1.807) is 0 Å². The van der Waals surface area contributed by atoms with Gasteiger partial charge in [0.25, 0.3) is 0 Å². The van der Waals surface area contributed by atoms with E-state index in [0.717, 1.165) is 16.8 Å². The van der Waals surface area contributed by atoms with Crippen molar-refractivity contribution < 1.29 is 4.79 Å². The summed E-state index contributed by atoms with van der Waals surface area (Å²) >= 11 is 0. The third kappa shape index (κ3) is 0.451. The Balaban J connectivity index is 2.53. The van der Waals surface area contributed by atoms with Crippen LogP contribution < -0.4 is 0 Å². The van der Waals surface area contributed by atoms with Gasteiger partial charge in [0.2, 0.25) is 6.08 Å². The van der Waals surface area contributed by atoms with Gasteiger partial charge in [0.15, 0.2) is 0 Å². The van der Waals surface area contributed by atoms with Gasteiger partial charge in [0.1, 0.15) is 0 Å². The van der Waals surface area contributed by atoms with Gasteiger partial charge in [-0.2, -0.15) is 4.99 Å². The highest BCUT2D eigenvalue weighted by Crippen LogP contribution is 2.50. The van der Waals surface area contributed by atoms with Gasteiger partial charge in [-0.25, -0.2) is 4.79 Å². The smallest absolute Gasteiger partial charge is 0.211 e. The largest absolute Gasteiger partial charge is 0.240 e. The Kier molecular flexibility index (Phi) is 0.648. The van der Waals surface area contributed by atoms with Gasteiger partial charge in [-0.1, -0.05) is 18.2 Å². The maximum absolute atomic E-state index is 9.71. The molecule has 2 aliphatic rings. The van der Waals surface area contributed by atoms with Crippen LogP contribution in [0.2, 0.25) is 0 Å². The maximum atomic E-state index is 9.71. The number of hydrogen-bond donors (Lipinski definition) is 0. The van der Waals surface area contributed by atoms with Crippen LogP contribution in [0.15, 0.2) is 23.2 Å². The zero-order chi connectivity index (χ0) is 6.27. The second-order valence-electron chi connectivity index (χ2n) is 1.90. The summed E-state index contributed by atoms with van der Waals surface area (Å²) in [6, 6.07) is 5.81. The number of fused-ring (bicyclic) bond motifs is 1. The average molecular weight is 117 g/mol. The van der Waals surface area contributed by atoms with E-state index >= 15 is 0 Å². The molecule has 0 unspecified atom stereocenters. The van der Waals surface area contributed by atoms with Crippen LogP contribution in [0.4, 0.5) is 5.69 Å². The van der Waals surface area contributed by atoms with Crippen molar-refractivity contribution >= 4 is 11.8 Å². The average Bonchev–Trinajstić information content (AvgIpc) is 2.39. The van der Waals surface area contributed by atoms with E-state index < -0.39 is 0 Å². The van der Waals surface area contributed by atoms with Crippen LogP contribution in [0, 0.1) is 0 Å². The Hall–Kier alpha value is -1.40. The van der Waals surface area contributed by atoms with Crippen molar-refractivity contribution in [1.82, 2.24) is 0 Å². The predicted molar refractivity (Wildman–Crippen MR) is 33.2 cm³/mol. The van der Waals surface area contributed by atoms with Gasteiger partial charge in [-0.05, 0) is 0 Å². The third-order valence-electron chi connectivity index (χ3n) is 1.42. The van der Waals surface area contributed by atoms with Gasteiger partial charge in [0.05, 0.1) is 5.69 Å². The highest BCUT2D eigenvalue weighted by atomic mass is 16.1. The van der Waals surface area contributed by atoms with Crippen molar-refractivity contribution in [2.24, 2.45) is 4.99 Å². The second kappa shape index (κ2) is 1.30. The van der Waals surface area contributed by atoms with Gasteiger partial charge < -0.3 is 0 Å². The summed E-state index contributed by atoms with van der Waals surface area (Å²) in [4.78, 5) is 13.2. The Morgan fingerprint density at radius 2 is 2.00 bits per heavy atom. The van der Waals surface area contributed by atoms with E-state index in [2.05, 4.69) is 4.99 Å². The molecule has 0 fully saturated rings. The lowest BCUT2D eigenvalue weighted by molar-refractivity contribution is 0.565. The maximum Gasteiger partial charge on any atom is 0.240 e. The molecule has 0 aromatic heterocycles. The zero-order valence-electron chi connectivity index (χ0n) is 4.59. The van der Waals surface area contributed by atoms with Crippen LogP contribution in [0.25, 0.3) is 11.1 Å². The summed E-state index contributed by atoms with van der Waals surface area (Å²) in [6.07, 6.45) is 1.50. The van der Waals surface area contributed by atoms with E-state index in [1.807, 2.05) is 18.2 Å². The molecular formula is C7H3NO. The molecule has 0 N–H and O–H groups in total. The van der Waals surface area contributed by atoms with Gasteiger partial charge >= 0.3 is 0 Å². The zero-order valence-corrected chi connectivity index (χ0v) is 4.59.